The first-order valence-electron chi connectivity index (χ1n) is 6.11. The Labute approximate surface area is 110 Å². The van der Waals surface area contributed by atoms with Gasteiger partial charge in [-0.05, 0) is 30.9 Å². The molecule has 0 radical (unpaired) electrons. The molecule has 2 aromatic heterocycles. The van der Waals surface area contributed by atoms with Crippen LogP contribution in [0.1, 0.15) is 18.7 Å². The standard InChI is InChI=1S/C13H13N5O/c14-7-12-16-5-6-18(12)11-4-3-10(15)13(17-11)19-8-9-1-2-9/h3-6,9H,1-2,8,15H2. The summed E-state index contributed by atoms with van der Waals surface area (Å²) in [6.07, 6.45) is 5.66. The summed E-state index contributed by atoms with van der Waals surface area (Å²) in [5.74, 6) is 1.91. The van der Waals surface area contributed by atoms with Crippen LogP contribution in [0.15, 0.2) is 24.5 Å². The van der Waals surface area contributed by atoms with Gasteiger partial charge in [-0.1, -0.05) is 0 Å². The first-order valence-corrected chi connectivity index (χ1v) is 6.11. The van der Waals surface area contributed by atoms with Gasteiger partial charge in [-0.3, -0.25) is 4.57 Å². The highest BCUT2D eigenvalue weighted by atomic mass is 16.5. The maximum absolute atomic E-state index is 8.96. The molecule has 0 amide bonds. The third-order valence-corrected chi connectivity index (χ3v) is 3.02. The molecule has 0 bridgehead atoms. The molecule has 0 spiro atoms. The van der Waals surface area contributed by atoms with Gasteiger partial charge >= 0.3 is 0 Å². The summed E-state index contributed by atoms with van der Waals surface area (Å²) in [5, 5.41) is 8.96. The topological polar surface area (TPSA) is 89.8 Å². The van der Waals surface area contributed by atoms with Gasteiger partial charge in [0.15, 0.2) is 0 Å². The fourth-order valence-electron chi connectivity index (χ4n) is 1.74. The number of anilines is 1. The van der Waals surface area contributed by atoms with Gasteiger partial charge in [0.25, 0.3) is 0 Å². The van der Waals surface area contributed by atoms with E-state index < -0.39 is 0 Å². The molecule has 0 unspecified atom stereocenters. The van der Waals surface area contributed by atoms with E-state index in [1.165, 1.54) is 12.8 Å². The van der Waals surface area contributed by atoms with Crippen molar-refractivity contribution in [3.05, 3.63) is 30.4 Å². The summed E-state index contributed by atoms with van der Waals surface area (Å²) >= 11 is 0. The van der Waals surface area contributed by atoms with Gasteiger partial charge in [0.1, 0.15) is 11.9 Å². The quantitative estimate of drug-likeness (QED) is 0.894. The molecule has 1 aliphatic rings. The first-order chi connectivity index (χ1) is 9.28. The van der Waals surface area contributed by atoms with E-state index in [2.05, 4.69) is 9.97 Å². The van der Waals surface area contributed by atoms with Crippen molar-refractivity contribution in [2.24, 2.45) is 5.92 Å². The van der Waals surface area contributed by atoms with Gasteiger partial charge in [-0.15, -0.1) is 0 Å². The van der Waals surface area contributed by atoms with E-state index in [1.807, 2.05) is 6.07 Å². The first kappa shape index (κ1) is 11.5. The molecule has 1 fully saturated rings. The summed E-state index contributed by atoms with van der Waals surface area (Å²) in [6, 6.07) is 5.47. The van der Waals surface area contributed by atoms with Gasteiger partial charge < -0.3 is 10.5 Å². The minimum absolute atomic E-state index is 0.283. The predicted molar refractivity (Wildman–Crippen MR) is 68.7 cm³/mol. The Morgan fingerprint density at radius 1 is 1.47 bits per heavy atom. The Hall–Kier alpha value is -2.55. The van der Waals surface area contributed by atoms with Crippen molar-refractivity contribution in [3.63, 3.8) is 0 Å². The number of ether oxygens (including phenoxy) is 1. The van der Waals surface area contributed by atoms with Crippen LogP contribution in [0.25, 0.3) is 5.82 Å². The zero-order valence-electron chi connectivity index (χ0n) is 10.3. The number of nitrogen functional groups attached to an aromatic ring is 1. The summed E-state index contributed by atoms with van der Waals surface area (Å²) in [7, 11) is 0. The molecule has 0 aromatic carbocycles. The summed E-state index contributed by atoms with van der Waals surface area (Å²) < 4.78 is 7.22. The van der Waals surface area contributed by atoms with Crippen molar-refractivity contribution in [2.75, 3.05) is 12.3 Å². The zero-order chi connectivity index (χ0) is 13.2. The van der Waals surface area contributed by atoms with Crippen molar-refractivity contribution in [1.82, 2.24) is 14.5 Å². The fraction of sp³-hybridized carbons (Fsp3) is 0.308. The second kappa shape index (κ2) is 4.61. The summed E-state index contributed by atoms with van der Waals surface area (Å²) in [4.78, 5) is 8.28. The average molecular weight is 255 g/mol. The van der Waals surface area contributed by atoms with Crippen molar-refractivity contribution in [3.8, 4) is 17.8 Å². The Morgan fingerprint density at radius 2 is 2.32 bits per heavy atom. The van der Waals surface area contributed by atoms with Crippen molar-refractivity contribution >= 4 is 5.69 Å². The molecule has 3 rings (SSSR count). The summed E-state index contributed by atoms with van der Waals surface area (Å²) in [5.41, 5.74) is 6.35. The lowest BCUT2D eigenvalue weighted by Gasteiger charge is -2.09. The molecule has 1 aliphatic carbocycles. The van der Waals surface area contributed by atoms with Crippen LogP contribution in [0, 0.1) is 17.2 Å². The van der Waals surface area contributed by atoms with E-state index in [0.29, 0.717) is 29.9 Å². The highest BCUT2D eigenvalue weighted by Gasteiger charge is 2.22. The molecule has 2 heterocycles. The Kier molecular flexibility index (Phi) is 2.80. The fourth-order valence-corrected chi connectivity index (χ4v) is 1.74. The molecule has 0 saturated heterocycles. The Balaban J connectivity index is 1.89. The highest BCUT2D eigenvalue weighted by Crippen LogP contribution is 2.30. The van der Waals surface area contributed by atoms with Gasteiger partial charge in [0.05, 0.1) is 12.3 Å². The third-order valence-electron chi connectivity index (χ3n) is 3.02. The zero-order valence-corrected chi connectivity index (χ0v) is 10.3. The van der Waals surface area contributed by atoms with E-state index in [4.69, 9.17) is 15.7 Å². The van der Waals surface area contributed by atoms with Crippen LogP contribution in [-0.4, -0.2) is 21.1 Å². The number of hydrogen-bond donors (Lipinski definition) is 1. The van der Waals surface area contributed by atoms with Crippen LogP contribution < -0.4 is 10.5 Å². The lowest BCUT2D eigenvalue weighted by Crippen LogP contribution is -2.07. The number of imidazole rings is 1. The molecule has 6 heteroatoms. The molecule has 2 aromatic rings. The maximum Gasteiger partial charge on any atom is 0.239 e. The number of nitrogens with two attached hydrogens (primary N) is 1. The predicted octanol–water partition coefficient (Wildman–Crippen LogP) is 1.51. The number of rotatable bonds is 4. The van der Waals surface area contributed by atoms with E-state index in [1.54, 1.807) is 29.1 Å². The Morgan fingerprint density at radius 3 is 3.05 bits per heavy atom. The lowest BCUT2D eigenvalue weighted by molar-refractivity contribution is 0.290. The van der Waals surface area contributed by atoms with Crippen LogP contribution in [0.5, 0.6) is 5.88 Å². The molecule has 96 valence electrons. The maximum atomic E-state index is 8.96. The largest absolute Gasteiger partial charge is 0.476 e. The van der Waals surface area contributed by atoms with E-state index >= 15 is 0 Å². The van der Waals surface area contributed by atoms with Crippen molar-refractivity contribution < 1.29 is 4.74 Å². The van der Waals surface area contributed by atoms with E-state index in [0.717, 1.165) is 0 Å². The van der Waals surface area contributed by atoms with Gasteiger partial charge in [-0.25, -0.2) is 4.98 Å². The summed E-state index contributed by atoms with van der Waals surface area (Å²) in [6.45, 7) is 0.649. The third kappa shape index (κ3) is 2.36. The van der Waals surface area contributed by atoms with Crippen LogP contribution in [-0.2, 0) is 0 Å². The number of aromatic nitrogens is 3. The van der Waals surface area contributed by atoms with Crippen LogP contribution in [0.2, 0.25) is 0 Å². The number of pyridine rings is 1. The normalized spacial score (nSPS) is 14.1. The average Bonchev–Trinajstić information content (AvgIpc) is 3.13. The highest BCUT2D eigenvalue weighted by molar-refractivity contribution is 5.51. The molecular weight excluding hydrogens is 242 g/mol. The lowest BCUT2D eigenvalue weighted by atomic mass is 10.4. The number of nitriles is 1. The van der Waals surface area contributed by atoms with Crippen LogP contribution in [0.4, 0.5) is 5.69 Å². The minimum Gasteiger partial charge on any atom is -0.476 e. The van der Waals surface area contributed by atoms with Gasteiger partial charge in [-0.2, -0.15) is 10.2 Å². The van der Waals surface area contributed by atoms with Crippen molar-refractivity contribution in [2.45, 2.75) is 12.8 Å². The minimum atomic E-state index is 0.283. The molecule has 1 saturated carbocycles. The van der Waals surface area contributed by atoms with Crippen LogP contribution in [0.3, 0.4) is 0 Å². The number of hydrogen-bond acceptors (Lipinski definition) is 5. The molecule has 19 heavy (non-hydrogen) atoms. The van der Waals surface area contributed by atoms with Gasteiger partial charge in [0.2, 0.25) is 11.7 Å². The van der Waals surface area contributed by atoms with Crippen LogP contribution >= 0.6 is 0 Å². The Bertz CT molecular complexity index is 639. The molecule has 2 N–H and O–H groups in total. The van der Waals surface area contributed by atoms with E-state index in [9.17, 15) is 0 Å². The molecular formula is C13H13N5O. The SMILES string of the molecule is N#Cc1nccn1-c1ccc(N)c(OCC2CC2)n1. The molecule has 0 atom stereocenters. The van der Waals surface area contributed by atoms with Gasteiger partial charge in [0, 0.05) is 12.4 Å². The molecule has 0 aliphatic heterocycles. The van der Waals surface area contributed by atoms with E-state index in [-0.39, 0.29) is 5.82 Å². The second-order valence-corrected chi connectivity index (χ2v) is 4.55. The molecule has 6 nitrogen and oxygen atoms in total. The monoisotopic (exact) mass is 255 g/mol. The van der Waals surface area contributed by atoms with Crippen molar-refractivity contribution in [1.29, 1.82) is 5.26 Å². The number of nitrogens with zero attached hydrogens (tertiary/aromatic N) is 4. The smallest absolute Gasteiger partial charge is 0.239 e. The second-order valence-electron chi connectivity index (χ2n) is 4.55.